The molecule has 68 valence electrons. The highest BCUT2D eigenvalue weighted by atomic mass is 32.1. The maximum atomic E-state index is 4.44. The van der Waals surface area contributed by atoms with Crippen LogP contribution in [-0.4, -0.2) is 16.8 Å². The van der Waals surface area contributed by atoms with E-state index in [4.69, 9.17) is 0 Å². The molecule has 0 spiro atoms. The molecule has 0 saturated carbocycles. The molecule has 0 radical (unpaired) electrons. The van der Waals surface area contributed by atoms with Crippen molar-refractivity contribution in [1.82, 2.24) is 5.32 Å². The van der Waals surface area contributed by atoms with Crippen LogP contribution >= 0.6 is 12.6 Å². The maximum absolute atomic E-state index is 4.44. The zero-order valence-electron chi connectivity index (χ0n) is 8.36. The van der Waals surface area contributed by atoms with E-state index in [0.29, 0.717) is 0 Å². The van der Waals surface area contributed by atoms with Gasteiger partial charge in [-0.2, -0.15) is 12.6 Å². The zero-order valence-corrected chi connectivity index (χ0v) is 9.26. The number of hydrogen-bond acceptors (Lipinski definition) is 2. The van der Waals surface area contributed by atoms with Crippen LogP contribution < -0.4 is 5.32 Å². The molecule has 0 aromatic carbocycles. The van der Waals surface area contributed by atoms with Crippen LogP contribution in [-0.2, 0) is 0 Å². The SMILES string of the molecule is CCC(C)(C)NCC(C)(C)S. The van der Waals surface area contributed by atoms with Gasteiger partial charge in [0.15, 0.2) is 0 Å². The maximum Gasteiger partial charge on any atom is 0.0198 e. The fourth-order valence-electron chi connectivity index (χ4n) is 0.581. The highest BCUT2D eigenvalue weighted by Gasteiger charge is 2.18. The molecule has 0 aromatic rings. The van der Waals surface area contributed by atoms with Gasteiger partial charge in [-0.15, -0.1) is 0 Å². The van der Waals surface area contributed by atoms with Gasteiger partial charge in [-0.3, -0.25) is 0 Å². The molecule has 0 amide bonds. The lowest BCUT2D eigenvalue weighted by Gasteiger charge is -2.29. The third-order valence-electron chi connectivity index (χ3n) is 1.88. The van der Waals surface area contributed by atoms with E-state index in [9.17, 15) is 0 Å². The fraction of sp³-hybridized carbons (Fsp3) is 1.00. The van der Waals surface area contributed by atoms with Crippen molar-refractivity contribution in [3.8, 4) is 0 Å². The van der Waals surface area contributed by atoms with Crippen molar-refractivity contribution in [2.45, 2.75) is 51.3 Å². The van der Waals surface area contributed by atoms with E-state index in [1.165, 1.54) is 0 Å². The molecule has 0 heterocycles. The Morgan fingerprint density at radius 2 is 1.64 bits per heavy atom. The molecule has 0 saturated heterocycles. The Bertz CT molecular complexity index is 113. The van der Waals surface area contributed by atoms with Gasteiger partial charge in [0.25, 0.3) is 0 Å². The molecule has 0 bridgehead atoms. The smallest absolute Gasteiger partial charge is 0.0198 e. The quantitative estimate of drug-likeness (QED) is 0.626. The molecule has 1 N–H and O–H groups in total. The predicted molar refractivity (Wildman–Crippen MR) is 55.4 cm³/mol. The van der Waals surface area contributed by atoms with Gasteiger partial charge in [-0.25, -0.2) is 0 Å². The van der Waals surface area contributed by atoms with Crippen molar-refractivity contribution in [3.05, 3.63) is 0 Å². The van der Waals surface area contributed by atoms with Crippen LogP contribution in [0.3, 0.4) is 0 Å². The van der Waals surface area contributed by atoms with E-state index in [1.54, 1.807) is 0 Å². The Kier molecular flexibility index (Phi) is 3.92. The van der Waals surface area contributed by atoms with Crippen LogP contribution in [0.1, 0.15) is 41.0 Å². The van der Waals surface area contributed by atoms with Crippen LogP contribution in [0.25, 0.3) is 0 Å². The van der Waals surface area contributed by atoms with Crippen LogP contribution in [0.4, 0.5) is 0 Å². The van der Waals surface area contributed by atoms with E-state index < -0.39 is 0 Å². The van der Waals surface area contributed by atoms with Crippen LogP contribution in [0.5, 0.6) is 0 Å². The first-order chi connectivity index (χ1) is 4.77. The second-order valence-corrected chi connectivity index (χ2v) is 5.61. The Morgan fingerprint density at radius 1 is 1.18 bits per heavy atom. The van der Waals surface area contributed by atoms with E-state index >= 15 is 0 Å². The summed E-state index contributed by atoms with van der Waals surface area (Å²) < 4.78 is 0.0897. The molecular formula is C9H21NS. The molecule has 2 heteroatoms. The van der Waals surface area contributed by atoms with E-state index in [-0.39, 0.29) is 10.3 Å². The third kappa shape index (κ3) is 6.70. The summed E-state index contributed by atoms with van der Waals surface area (Å²) in [4.78, 5) is 0. The molecule has 1 nitrogen and oxygen atoms in total. The van der Waals surface area contributed by atoms with Crippen molar-refractivity contribution in [2.75, 3.05) is 6.54 Å². The molecule has 0 rings (SSSR count). The largest absolute Gasteiger partial charge is 0.310 e. The summed E-state index contributed by atoms with van der Waals surface area (Å²) in [6.45, 7) is 11.8. The van der Waals surface area contributed by atoms with Crippen molar-refractivity contribution in [3.63, 3.8) is 0 Å². The fourth-order valence-corrected chi connectivity index (χ4v) is 0.660. The summed E-state index contributed by atoms with van der Waals surface area (Å²) in [5, 5.41) is 3.47. The minimum atomic E-state index is 0.0897. The van der Waals surface area contributed by atoms with Crippen molar-refractivity contribution in [1.29, 1.82) is 0 Å². The first-order valence-electron chi connectivity index (χ1n) is 4.24. The number of hydrogen-bond donors (Lipinski definition) is 2. The second-order valence-electron chi connectivity index (χ2n) is 4.40. The lowest BCUT2D eigenvalue weighted by atomic mass is 10.0. The Morgan fingerprint density at radius 3 is 1.91 bits per heavy atom. The second kappa shape index (κ2) is 3.81. The van der Waals surface area contributed by atoms with Crippen LogP contribution in [0.2, 0.25) is 0 Å². The van der Waals surface area contributed by atoms with E-state index in [0.717, 1.165) is 13.0 Å². The van der Waals surface area contributed by atoms with Crippen LogP contribution in [0, 0.1) is 0 Å². The summed E-state index contributed by atoms with van der Waals surface area (Å²) >= 11 is 4.44. The molecule has 0 aliphatic rings. The van der Waals surface area contributed by atoms with Gasteiger partial charge in [-0.1, -0.05) is 6.92 Å². The summed E-state index contributed by atoms with van der Waals surface area (Å²) in [6, 6.07) is 0. The predicted octanol–water partition coefficient (Wildman–Crippen LogP) is 2.47. The Labute approximate surface area is 76.4 Å². The molecule has 0 atom stereocenters. The topological polar surface area (TPSA) is 12.0 Å². The molecule has 11 heavy (non-hydrogen) atoms. The lowest BCUT2D eigenvalue weighted by Crippen LogP contribution is -2.44. The molecule has 0 fully saturated rings. The van der Waals surface area contributed by atoms with Gasteiger partial charge < -0.3 is 5.32 Å². The van der Waals surface area contributed by atoms with Crippen molar-refractivity contribution in [2.24, 2.45) is 0 Å². The zero-order chi connectivity index (χ0) is 9.12. The monoisotopic (exact) mass is 175 g/mol. The molecule has 0 aromatic heterocycles. The standard InChI is InChI=1S/C9H21NS/c1-6-8(2,3)10-7-9(4,5)11/h10-11H,6-7H2,1-5H3. The highest BCUT2D eigenvalue weighted by Crippen LogP contribution is 2.13. The number of thiol groups is 1. The molecule has 0 unspecified atom stereocenters. The Hall–Kier alpha value is 0.310. The minimum Gasteiger partial charge on any atom is -0.310 e. The first kappa shape index (κ1) is 11.3. The van der Waals surface area contributed by atoms with Gasteiger partial charge in [0.2, 0.25) is 0 Å². The lowest BCUT2D eigenvalue weighted by molar-refractivity contribution is 0.363. The average molecular weight is 175 g/mol. The molecular weight excluding hydrogens is 154 g/mol. The van der Waals surface area contributed by atoms with Gasteiger partial charge in [0.1, 0.15) is 0 Å². The van der Waals surface area contributed by atoms with Crippen LogP contribution in [0.15, 0.2) is 0 Å². The Balaban J connectivity index is 3.70. The van der Waals surface area contributed by atoms with Gasteiger partial charge in [-0.05, 0) is 34.1 Å². The van der Waals surface area contributed by atoms with E-state index in [1.807, 2.05) is 0 Å². The molecule has 0 aliphatic carbocycles. The van der Waals surface area contributed by atoms with E-state index in [2.05, 4.69) is 52.6 Å². The normalized spacial score (nSPS) is 13.6. The summed E-state index contributed by atoms with van der Waals surface area (Å²) in [5.74, 6) is 0. The number of nitrogens with one attached hydrogen (secondary N) is 1. The average Bonchev–Trinajstić information content (AvgIpc) is 1.83. The highest BCUT2D eigenvalue weighted by molar-refractivity contribution is 7.81. The van der Waals surface area contributed by atoms with Gasteiger partial charge in [0.05, 0.1) is 0 Å². The summed E-state index contributed by atoms with van der Waals surface area (Å²) in [6.07, 6.45) is 1.15. The van der Waals surface area contributed by atoms with Gasteiger partial charge in [0, 0.05) is 16.8 Å². The van der Waals surface area contributed by atoms with Gasteiger partial charge >= 0.3 is 0 Å². The number of rotatable bonds is 4. The summed E-state index contributed by atoms with van der Waals surface area (Å²) in [7, 11) is 0. The summed E-state index contributed by atoms with van der Waals surface area (Å²) in [5.41, 5.74) is 0.250. The first-order valence-corrected chi connectivity index (χ1v) is 4.69. The third-order valence-corrected chi connectivity index (χ3v) is 2.04. The van der Waals surface area contributed by atoms with Crippen molar-refractivity contribution >= 4 is 12.6 Å². The van der Waals surface area contributed by atoms with Crippen molar-refractivity contribution < 1.29 is 0 Å². The molecule has 0 aliphatic heterocycles. The minimum absolute atomic E-state index is 0.0897.